The Labute approximate surface area is 155 Å². The Morgan fingerprint density at radius 1 is 1.23 bits per heavy atom. The maximum absolute atomic E-state index is 13.3. The van der Waals surface area contributed by atoms with Crippen LogP contribution in [0.2, 0.25) is 0 Å². The van der Waals surface area contributed by atoms with Crippen molar-refractivity contribution < 1.29 is 14.0 Å². The van der Waals surface area contributed by atoms with E-state index in [1.54, 1.807) is 12.1 Å². The molecular formula is C19H20FN3O2S. The van der Waals surface area contributed by atoms with Gasteiger partial charge in [-0.15, -0.1) is 11.3 Å². The average Bonchev–Trinajstić information content (AvgIpc) is 3.28. The van der Waals surface area contributed by atoms with Crippen LogP contribution in [0.15, 0.2) is 30.3 Å². The first-order valence-corrected chi connectivity index (χ1v) is 9.50. The molecule has 2 saturated heterocycles. The lowest BCUT2D eigenvalue weighted by Crippen LogP contribution is -2.31. The Morgan fingerprint density at radius 3 is 2.65 bits per heavy atom. The molecule has 2 amide bonds. The molecule has 26 heavy (non-hydrogen) atoms. The minimum atomic E-state index is -0.454. The van der Waals surface area contributed by atoms with Gasteiger partial charge >= 0.3 is 0 Å². The SMILES string of the molecule is Cc1cc(NC(=O)c2cccc(F)c2)sc1C(=O)N1C[C@H]2CNC[C@H]2C1. The smallest absolute Gasteiger partial charge is 0.264 e. The van der Waals surface area contributed by atoms with Gasteiger partial charge in [-0.1, -0.05) is 6.07 Å². The zero-order valence-electron chi connectivity index (χ0n) is 14.4. The highest BCUT2D eigenvalue weighted by Crippen LogP contribution is 2.32. The normalized spacial score (nSPS) is 21.7. The largest absolute Gasteiger partial charge is 0.337 e. The predicted octanol–water partition coefficient (Wildman–Crippen LogP) is 2.74. The Kier molecular flexibility index (Phi) is 4.50. The summed E-state index contributed by atoms with van der Waals surface area (Å²) in [6.07, 6.45) is 0. The number of hydrogen-bond acceptors (Lipinski definition) is 4. The average molecular weight is 373 g/mol. The number of halogens is 1. The zero-order valence-corrected chi connectivity index (χ0v) is 15.2. The van der Waals surface area contributed by atoms with Gasteiger partial charge in [-0.25, -0.2) is 4.39 Å². The van der Waals surface area contributed by atoms with Gasteiger partial charge in [-0.3, -0.25) is 9.59 Å². The van der Waals surface area contributed by atoms with Crippen LogP contribution in [-0.4, -0.2) is 42.9 Å². The molecule has 136 valence electrons. The second kappa shape index (κ2) is 6.81. The van der Waals surface area contributed by atoms with Crippen molar-refractivity contribution in [3.63, 3.8) is 0 Å². The van der Waals surface area contributed by atoms with Gasteiger partial charge in [0.2, 0.25) is 0 Å². The first kappa shape index (κ1) is 17.2. The lowest BCUT2D eigenvalue weighted by atomic mass is 10.0. The van der Waals surface area contributed by atoms with Crippen molar-refractivity contribution in [2.75, 3.05) is 31.5 Å². The summed E-state index contributed by atoms with van der Waals surface area (Å²) in [7, 11) is 0. The van der Waals surface area contributed by atoms with Gasteiger partial charge in [0, 0.05) is 31.7 Å². The molecule has 2 N–H and O–H groups in total. The van der Waals surface area contributed by atoms with Crippen LogP contribution in [0.1, 0.15) is 25.6 Å². The molecule has 0 aliphatic carbocycles. The topological polar surface area (TPSA) is 61.4 Å². The number of hydrogen-bond donors (Lipinski definition) is 2. The summed E-state index contributed by atoms with van der Waals surface area (Å²) in [6.45, 7) is 5.41. The van der Waals surface area contributed by atoms with Crippen molar-refractivity contribution >= 4 is 28.2 Å². The Balaban J connectivity index is 1.47. The third kappa shape index (κ3) is 3.24. The van der Waals surface area contributed by atoms with Crippen molar-refractivity contribution in [3.05, 3.63) is 52.2 Å². The van der Waals surface area contributed by atoms with Crippen LogP contribution in [0.5, 0.6) is 0 Å². The lowest BCUT2D eigenvalue weighted by molar-refractivity contribution is 0.0785. The molecule has 0 radical (unpaired) electrons. The molecule has 4 rings (SSSR count). The first-order valence-electron chi connectivity index (χ1n) is 8.68. The van der Waals surface area contributed by atoms with Crippen LogP contribution in [0.4, 0.5) is 9.39 Å². The molecule has 3 heterocycles. The van der Waals surface area contributed by atoms with Crippen LogP contribution < -0.4 is 10.6 Å². The van der Waals surface area contributed by atoms with Crippen LogP contribution in [0.25, 0.3) is 0 Å². The van der Waals surface area contributed by atoms with Gasteiger partial charge in [0.15, 0.2) is 0 Å². The standard InChI is InChI=1S/C19H20FN3O2S/c1-11-5-16(22-18(24)12-3-2-4-15(20)6-12)26-17(11)19(25)23-9-13-7-21-8-14(13)10-23/h2-6,13-14,21H,7-10H2,1H3,(H,22,24)/t13-,14+. The summed E-state index contributed by atoms with van der Waals surface area (Å²) in [6, 6.07) is 7.34. The van der Waals surface area contributed by atoms with E-state index < -0.39 is 5.82 Å². The van der Waals surface area contributed by atoms with Gasteiger partial charge < -0.3 is 15.5 Å². The van der Waals surface area contributed by atoms with E-state index >= 15 is 0 Å². The molecule has 2 atom stereocenters. The van der Waals surface area contributed by atoms with Crippen molar-refractivity contribution in [3.8, 4) is 0 Å². The molecule has 0 bridgehead atoms. The fourth-order valence-corrected chi connectivity index (χ4v) is 4.77. The monoisotopic (exact) mass is 373 g/mol. The van der Waals surface area contributed by atoms with Crippen LogP contribution in [0, 0.1) is 24.6 Å². The number of fused-ring (bicyclic) bond motifs is 1. The van der Waals surface area contributed by atoms with E-state index in [1.807, 2.05) is 11.8 Å². The van der Waals surface area contributed by atoms with Gasteiger partial charge in [-0.2, -0.15) is 0 Å². The summed E-state index contributed by atoms with van der Waals surface area (Å²) in [4.78, 5) is 27.7. The summed E-state index contributed by atoms with van der Waals surface area (Å²) >= 11 is 1.28. The van der Waals surface area contributed by atoms with E-state index in [0.29, 0.717) is 21.7 Å². The molecule has 2 aliphatic rings. The second-order valence-electron chi connectivity index (χ2n) is 6.98. The van der Waals surface area contributed by atoms with Crippen molar-refractivity contribution in [1.82, 2.24) is 10.2 Å². The number of rotatable bonds is 3. The number of nitrogens with zero attached hydrogens (tertiary/aromatic N) is 1. The van der Waals surface area contributed by atoms with E-state index in [0.717, 1.165) is 31.7 Å². The van der Waals surface area contributed by atoms with E-state index in [-0.39, 0.29) is 17.4 Å². The Hall–Kier alpha value is -2.25. The summed E-state index contributed by atoms with van der Waals surface area (Å²) in [5.74, 6) is 0.294. The van der Waals surface area contributed by atoms with E-state index in [9.17, 15) is 14.0 Å². The number of carbonyl (C=O) groups excluding carboxylic acids is 2. The molecule has 1 aromatic heterocycles. The highest BCUT2D eigenvalue weighted by atomic mass is 32.1. The van der Waals surface area contributed by atoms with Crippen molar-refractivity contribution in [2.45, 2.75) is 6.92 Å². The van der Waals surface area contributed by atoms with E-state index in [1.165, 1.54) is 29.5 Å². The fraction of sp³-hybridized carbons (Fsp3) is 0.368. The Morgan fingerprint density at radius 2 is 1.96 bits per heavy atom. The number of likely N-dealkylation sites (tertiary alicyclic amines) is 1. The Bertz CT molecular complexity index is 854. The lowest BCUT2D eigenvalue weighted by Gasteiger charge is -2.17. The number of aryl methyl sites for hydroxylation is 1. The molecule has 0 saturated carbocycles. The molecule has 0 unspecified atom stereocenters. The summed E-state index contributed by atoms with van der Waals surface area (Å²) in [5, 5.41) is 6.73. The van der Waals surface area contributed by atoms with Gasteiger partial charge in [0.05, 0.1) is 9.88 Å². The fourth-order valence-electron chi connectivity index (χ4n) is 3.73. The minimum Gasteiger partial charge on any atom is -0.337 e. The number of anilines is 1. The number of thiophene rings is 1. The van der Waals surface area contributed by atoms with Crippen molar-refractivity contribution in [1.29, 1.82) is 0 Å². The molecule has 5 nitrogen and oxygen atoms in total. The third-order valence-corrected chi connectivity index (χ3v) is 6.25. The molecule has 2 fully saturated rings. The maximum Gasteiger partial charge on any atom is 0.264 e. The van der Waals surface area contributed by atoms with Crippen molar-refractivity contribution in [2.24, 2.45) is 11.8 Å². The maximum atomic E-state index is 13.3. The zero-order chi connectivity index (χ0) is 18.3. The first-order chi connectivity index (χ1) is 12.5. The van der Waals surface area contributed by atoms with Crippen LogP contribution in [-0.2, 0) is 0 Å². The number of nitrogens with one attached hydrogen (secondary N) is 2. The van der Waals surface area contributed by atoms with Crippen LogP contribution >= 0.6 is 11.3 Å². The second-order valence-corrected chi connectivity index (χ2v) is 8.03. The third-order valence-electron chi connectivity index (χ3n) is 5.11. The molecule has 2 aliphatic heterocycles. The molecular weight excluding hydrogens is 353 g/mol. The summed E-state index contributed by atoms with van der Waals surface area (Å²) < 4.78 is 13.3. The van der Waals surface area contributed by atoms with E-state index in [4.69, 9.17) is 0 Å². The number of carbonyl (C=O) groups is 2. The molecule has 7 heteroatoms. The van der Waals surface area contributed by atoms with Gasteiger partial charge in [0.1, 0.15) is 5.82 Å². The number of benzene rings is 1. The molecule has 2 aromatic rings. The van der Waals surface area contributed by atoms with Gasteiger partial charge in [-0.05, 0) is 48.6 Å². The summed E-state index contributed by atoms with van der Waals surface area (Å²) in [5.41, 5.74) is 1.11. The number of amides is 2. The van der Waals surface area contributed by atoms with Crippen LogP contribution in [0.3, 0.4) is 0 Å². The predicted molar refractivity (Wildman–Crippen MR) is 99.2 cm³/mol. The molecule has 1 aromatic carbocycles. The van der Waals surface area contributed by atoms with E-state index in [2.05, 4.69) is 10.6 Å². The minimum absolute atomic E-state index is 0.0353. The quantitative estimate of drug-likeness (QED) is 0.870. The highest BCUT2D eigenvalue weighted by molar-refractivity contribution is 7.18. The molecule has 0 spiro atoms. The highest BCUT2D eigenvalue weighted by Gasteiger charge is 2.38. The van der Waals surface area contributed by atoms with Gasteiger partial charge in [0.25, 0.3) is 11.8 Å².